The third kappa shape index (κ3) is 5.12. The number of rotatable bonds is 8. The zero-order valence-corrected chi connectivity index (χ0v) is 25.4. The van der Waals surface area contributed by atoms with Gasteiger partial charge in [-0.25, -0.2) is 0 Å². The van der Waals surface area contributed by atoms with Crippen LogP contribution in [0.2, 0.25) is 0 Å². The van der Waals surface area contributed by atoms with Crippen LogP contribution in [0.15, 0.2) is 0 Å². The molecule has 6 rings (SSSR count). The van der Waals surface area contributed by atoms with E-state index in [1.165, 1.54) is 0 Å². The van der Waals surface area contributed by atoms with E-state index in [4.69, 9.17) is 18.9 Å². The molecule has 248 valence electrons. The lowest BCUT2D eigenvalue weighted by molar-refractivity contribution is -0.317. The van der Waals surface area contributed by atoms with Crippen molar-refractivity contribution in [3.05, 3.63) is 0 Å². The van der Waals surface area contributed by atoms with Crippen LogP contribution >= 0.6 is 0 Å². The molecule has 0 radical (unpaired) electrons. The molecule has 1 spiro atoms. The topological polar surface area (TPSA) is 199 Å². The highest BCUT2D eigenvalue weighted by Crippen LogP contribution is 2.72. The standard InChI is InChI=1S/C31H52O12/c1-27(7-3-8-28(2)19(27)6-9-29-10-17(4-5-20(28)29)30(38,12-29)13-32)15-41-25-23(36)22(35)21(34)18(43-25)11-40-26-24(37)31(39,14-33)16-42-26/h17-26,32-39H,3-16H2,1-2H3/t17-,18-,19-,20-,21+,22+,23-,24+,25-,26-,27+,28-,29+,30-,31-/m1/s1. The minimum absolute atomic E-state index is 0.0526. The molecule has 6 aliphatic rings. The summed E-state index contributed by atoms with van der Waals surface area (Å²) in [5.74, 6) is 0.979. The van der Waals surface area contributed by atoms with Crippen LogP contribution < -0.4 is 0 Å². The van der Waals surface area contributed by atoms with E-state index in [0.29, 0.717) is 24.9 Å². The Balaban J connectivity index is 1.12. The minimum Gasteiger partial charge on any atom is -0.393 e. The van der Waals surface area contributed by atoms with Gasteiger partial charge >= 0.3 is 0 Å². The van der Waals surface area contributed by atoms with Gasteiger partial charge in [0, 0.05) is 0 Å². The molecular formula is C31H52O12. The zero-order valence-electron chi connectivity index (χ0n) is 25.4. The van der Waals surface area contributed by atoms with E-state index in [2.05, 4.69) is 13.8 Å². The highest BCUT2D eigenvalue weighted by molar-refractivity contribution is 5.17. The predicted molar refractivity (Wildman–Crippen MR) is 149 cm³/mol. The number of aliphatic hydroxyl groups excluding tert-OH is 6. The normalized spacial score (nSPS) is 56.5. The van der Waals surface area contributed by atoms with Crippen LogP contribution in [-0.2, 0) is 18.9 Å². The van der Waals surface area contributed by atoms with Crippen molar-refractivity contribution >= 4 is 0 Å². The first-order valence-electron chi connectivity index (χ1n) is 16.1. The minimum atomic E-state index is -1.86. The summed E-state index contributed by atoms with van der Waals surface area (Å²) in [7, 11) is 0. The van der Waals surface area contributed by atoms with E-state index in [9.17, 15) is 40.9 Å². The highest BCUT2D eigenvalue weighted by Gasteiger charge is 2.67. The molecule has 8 N–H and O–H groups in total. The van der Waals surface area contributed by atoms with Gasteiger partial charge < -0.3 is 59.8 Å². The maximum Gasteiger partial charge on any atom is 0.186 e. The number of hydrogen-bond acceptors (Lipinski definition) is 12. The smallest absolute Gasteiger partial charge is 0.186 e. The molecule has 2 saturated heterocycles. The van der Waals surface area contributed by atoms with Crippen molar-refractivity contribution in [3.8, 4) is 0 Å². The summed E-state index contributed by atoms with van der Waals surface area (Å²) >= 11 is 0. The zero-order chi connectivity index (χ0) is 31.0. The van der Waals surface area contributed by atoms with Gasteiger partial charge in [-0.05, 0) is 85.4 Å². The van der Waals surface area contributed by atoms with E-state index in [1.54, 1.807) is 0 Å². The van der Waals surface area contributed by atoms with Gasteiger partial charge in [0.05, 0.1) is 38.6 Å². The summed E-state index contributed by atoms with van der Waals surface area (Å²) in [6.45, 7) is 3.39. The van der Waals surface area contributed by atoms with Gasteiger partial charge in [0.1, 0.15) is 36.1 Å². The van der Waals surface area contributed by atoms with E-state index in [-0.39, 0.29) is 42.0 Å². The first-order valence-corrected chi connectivity index (χ1v) is 16.1. The Morgan fingerprint density at radius 3 is 2.23 bits per heavy atom. The average Bonchev–Trinajstić information content (AvgIpc) is 3.38. The van der Waals surface area contributed by atoms with Crippen molar-refractivity contribution in [2.45, 2.75) is 126 Å². The molecule has 0 aromatic carbocycles. The molecule has 0 unspecified atom stereocenters. The maximum absolute atomic E-state index is 11.3. The fourth-order valence-corrected chi connectivity index (χ4v) is 10.7. The lowest BCUT2D eigenvalue weighted by Gasteiger charge is -2.64. The summed E-state index contributed by atoms with van der Waals surface area (Å²) in [5, 5.41) is 83.1. The van der Waals surface area contributed by atoms with Crippen LogP contribution in [0.5, 0.6) is 0 Å². The average molecular weight is 617 g/mol. The molecule has 6 fully saturated rings. The summed E-state index contributed by atoms with van der Waals surface area (Å²) in [6, 6.07) is 0. The summed E-state index contributed by atoms with van der Waals surface area (Å²) in [5.41, 5.74) is -2.94. The molecule has 15 atom stereocenters. The fraction of sp³-hybridized carbons (Fsp3) is 1.00. The molecule has 0 aromatic rings. The summed E-state index contributed by atoms with van der Waals surface area (Å²) in [4.78, 5) is 0. The van der Waals surface area contributed by atoms with Crippen LogP contribution in [0.25, 0.3) is 0 Å². The Morgan fingerprint density at radius 2 is 1.53 bits per heavy atom. The number of ether oxygens (including phenoxy) is 4. The second-order valence-corrected chi connectivity index (χ2v) is 15.5. The lowest BCUT2D eigenvalue weighted by atomic mass is 9.41. The van der Waals surface area contributed by atoms with Crippen molar-refractivity contribution in [1.29, 1.82) is 0 Å². The van der Waals surface area contributed by atoms with Crippen LogP contribution in [0, 0.1) is 34.0 Å². The molecule has 2 heterocycles. The number of hydrogen-bond donors (Lipinski definition) is 8. The highest BCUT2D eigenvalue weighted by atomic mass is 16.7. The molecule has 12 nitrogen and oxygen atoms in total. The van der Waals surface area contributed by atoms with Gasteiger partial charge in [0.25, 0.3) is 0 Å². The third-order valence-corrected chi connectivity index (χ3v) is 13.0. The first-order chi connectivity index (χ1) is 20.2. The SMILES string of the molecule is C[C@@]1(CO[C@@H]2O[C@H](CO[C@@H]3OC[C@](O)(CO)[C@H]3O)[C@H](O)[C@H](O)[C@H]2O)CCC[C@]2(C)[C@@H]1CC[C@@]13C[C@@H](CC[C@@H]12)[C@](O)(CO)C3. The van der Waals surface area contributed by atoms with Gasteiger partial charge in [-0.3, -0.25) is 0 Å². The maximum atomic E-state index is 11.3. The van der Waals surface area contributed by atoms with Crippen molar-refractivity contribution in [3.63, 3.8) is 0 Å². The van der Waals surface area contributed by atoms with Crippen LogP contribution in [0.3, 0.4) is 0 Å². The Hall–Kier alpha value is -0.480. The van der Waals surface area contributed by atoms with Crippen molar-refractivity contribution < 1.29 is 59.8 Å². The molecule has 0 aromatic heterocycles. The molecule has 12 heteroatoms. The fourth-order valence-electron chi connectivity index (χ4n) is 10.7. The molecule has 43 heavy (non-hydrogen) atoms. The van der Waals surface area contributed by atoms with Crippen LogP contribution in [0.1, 0.15) is 71.6 Å². The Bertz CT molecular complexity index is 1020. The molecular weight excluding hydrogens is 564 g/mol. The second-order valence-electron chi connectivity index (χ2n) is 15.5. The van der Waals surface area contributed by atoms with Crippen LogP contribution in [-0.4, -0.2) is 128 Å². The van der Waals surface area contributed by atoms with E-state index in [1.807, 2.05) is 0 Å². The van der Waals surface area contributed by atoms with Crippen LogP contribution in [0.4, 0.5) is 0 Å². The lowest BCUT2D eigenvalue weighted by Crippen LogP contribution is -2.61. The predicted octanol–water partition coefficient (Wildman–Crippen LogP) is -0.596. The monoisotopic (exact) mass is 616 g/mol. The van der Waals surface area contributed by atoms with E-state index in [0.717, 1.165) is 51.4 Å². The first kappa shape index (κ1) is 32.5. The van der Waals surface area contributed by atoms with Gasteiger partial charge in [-0.2, -0.15) is 0 Å². The summed E-state index contributed by atoms with van der Waals surface area (Å²) < 4.78 is 22.9. The van der Waals surface area contributed by atoms with Gasteiger partial charge in [-0.1, -0.05) is 20.3 Å². The van der Waals surface area contributed by atoms with E-state index < -0.39 is 60.9 Å². The molecule has 4 saturated carbocycles. The third-order valence-electron chi connectivity index (χ3n) is 13.0. The molecule has 2 aliphatic heterocycles. The quantitative estimate of drug-likeness (QED) is 0.173. The number of aliphatic hydroxyl groups is 8. The molecule has 2 bridgehead atoms. The number of fused-ring (bicyclic) bond motifs is 3. The Labute approximate surface area is 252 Å². The Morgan fingerprint density at radius 1 is 0.791 bits per heavy atom. The summed E-state index contributed by atoms with van der Waals surface area (Å²) in [6.07, 6.45) is -0.911. The Kier molecular flexibility index (Phi) is 8.56. The van der Waals surface area contributed by atoms with Crippen molar-refractivity contribution in [2.75, 3.05) is 33.0 Å². The van der Waals surface area contributed by atoms with Gasteiger partial charge in [0.15, 0.2) is 12.6 Å². The largest absolute Gasteiger partial charge is 0.393 e. The van der Waals surface area contributed by atoms with Gasteiger partial charge in [-0.15, -0.1) is 0 Å². The van der Waals surface area contributed by atoms with Gasteiger partial charge in [0.2, 0.25) is 0 Å². The molecule has 0 amide bonds. The molecule has 4 aliphatic carbocycles. The van der Waals surface area contributed by atoms with Crippen molar-refractivity contribution in [1.82, 2.24) is 0 Å². The van der Waals surface area contributed by atoms with Crippen molar-refractivity contribution in [2.24, 2.45) is 34.0 Å². The van der Waals surface area contributed by atoms with E-state index >= 15 is 0 Å². The second kappa shape index (κ2) is 11.3.